The molecule has 0 amide bonds. The zero-order valence-corrected chi connectivity index (χ0v) is 9.38. The van der Waals surface area contributed by atoms with Crippen LogP contribution in [0.1, 0.15) is 0 Å². The molecular weight excluding hydrogens is 226 g/mol. The summed E-state index contributed by atoms with van der Waals surface area (Å²) in [5, 5.41) is 8.91. The van der Waals surface area contributed by atoms with Crippen molar-refractivity contribution in [1.29, 1.82) is 0 Å². The van der Waals surface area contributed by atoms with Gasteiger partial charge in [0.2, 0.25) is 0 Å². The first-order valence-corrected chi connectivity index (χ1v) is 6.01. The minimum Gasteiger partial charge on any atom is -0.254 e. The van der Waals surface area contributed by atoms with Crippen molar-refractivity contribution >= 4 is 23.1 Å². The smallest absolute Gasteiger partial charge is 0.175 e. The van der Waals surface area contributed by atoms with E-state index >= 15 is 0 Å². The van der Waals surface area contributed by atoms with E-state index < -0.39 is 0 Å². The average Bonchev–Trinajstić information content (AvgIpc) is 2.76. The Kier molecular flexibility index (Phi) is 3.33. The zero-order chi connectivity index (χ0) is 10.5. The van der Waals surface area contributed by atoms with Crippen molar-refractivity contribution in [3.05, 3.63) is 24.4 Å². The second-order valence-corrected chi connectivity index (χ2v) is 4.78. The summed E-state index contributed by atoms with van der Waals surface area (Å²) >= 11 is 3.03. The van der Waals surface area contributed by atoms with E-state index in [2.05, 4.69) is 21.1 Å². The van der Waals surface area contributed by atoms with Crippen molar-refractivity contribution in [2.75, 3.05) is 5.75 Å². The van der Waals surface area contributed by atoms with Crippen LogP contribution in [0, 0.1) is 12.3 Å². The number of pyridine rings is 1. The van der Waals surface area contributed by atoms with E-state index in [0.717, 1.165) is 15.0 Å². The number of aromatic nitrogens is 3. The maximum Gasteiger partial charge on any atom is 0.175 e. The van der Waals surface area contributed by atoms with Crippen molar-refractivity contribution < 1.29 is 0 Å². The highest BCUT2D eigenvalue weighted by Crippen LogP contribution is 2.27. The zero-order valence-electron chi connectivity index (χ0n) is 7.75. The minimum absolute atomic E-state index is 0.622. The summed E-state index contributed by atoms with van der Waals surface area (Å²) in [7, 11) is 0. The lowest BCUT2D eigenvalue weighted by Crippen LogP contribution is -1.79. The van der Waals surface area contributed by atoms with Gasteiger partial charge >= 0.3 is 0 Å². The molecule has 0 spiro atoms. The lowest BCUT2D eigenvalue weighted by atomic mass is 10.4. The van der Waals surface area contributed by atoms with Gasteiger partial charge in [0, 0.05) is 6.20 Å². The molecule has 0 aliphatic heterocycles. The first kappa shape index (κ1) is 10.1. The summed E-state index contributed by atoms with van der Waals surface area (Å²) in [6.07, 6.45) is 6.91. The molecule has 0 unspecified atom stereocenters. The lowest BCUT2D eigenvalue weighted by Gasteiger charge is -1.90. The van der Waals surface area contributed by atoms with E-state index in [-0.39, 0.29) is 0 Å². The van der Waals surface area contributed by atoms with Gasteiger partial charge < -0.3 is 0 Å². The number of thioether (sulfide) groups is 1. The fraction of sp³-hybridized carbons (Fsp3) is 0.100. The molecule has 0 N–H and O–H groups in total. The second-order valence-electron chi connectivity index (χ2n) is 2.58. The molecule has 0 fully saturated rings. The van der Waals surface area contributed by atoms with Crippen molar-refractivity contribution in [3.8, 4) is 23.0 Å². The Labute approximate surface area is 96.0 Å². The van der Waals surface area contributed by atoms with Crippen LogP contribution in [0.3, 0.4) is 0 Å². The molecule has 5 heteroatoms. The van der Waals surface area contributed by atoms with Crippen LogP contribution in [-0.4, -0.2) is 20.9 Å². The molecule has 15 heavy (non-hydrogen) atoms. The summed E-state index contributed by atoms with van der Waals surface area (Å²) in [6.45, 7) is 0. The molecular formula is C10H7N3S2. The SMILES string of the molecule is C#CCSc1nnc(-c2ccccn2)s1. The molecule has 0 aromatic carbocycles. The van der Waals surface area contributed by atoms with E-state index in [0.29, 0.717) is 5.75 Å². The fourth-order valence-corrected chi connectivity index (χ4v) is 2.47. The second kappa shape index (κ2) is 4.91. The molecule has 2 aromatic rings. The topological polar surface area (TPSA) is 38.7 Å². The monoisotopic (exact) mass is 233 g/mol. The molecule has 0 radical (unpaired) electrons. The molecule has 0 aliphatic carbocycles. The number of hydrogen-bond acceptors (Lipinski definition) is 5. The Morgan fingerprint density at radius 1 is 1.40 bits per heavy atom. The highest BCUT2D eigenvalue weighted by Gasteiger charge is 2.06. The summed E-state index contributed by atoms with van der Waals surface area (Å²) in [6, 6.07) is 5.71. The Bertz CT molecular complexity index is 473. The molecule has 0 bridgehead atoms. The van der Waals surface area contributed by atoms with Gasteiger partial charge in [0.1, 0.15) is 5.69 Å². The predicted octanol–water partition coefficient (Wildman–Crippen LogP) is 2.33. The van der Waals surface area contributed by atoms with Gasteiger partial charge in [0.15, 0.2) is 9.35 Å². The minimum atomic E-state index is 0.622. The van der Waals surface area contributed by atoms with Gasteiger partial charge in [-0.25, -0.2) is 0 Å². The van der Waals surface area contributed by atoms with Gasteiger partial charge in [-0.2, -0.15) is 0 Å². The third-order valence-corrected chi connectivity index (χ3v) is 3.55. The third kappa shape index (κ3) is 2.55. The standard InChI is InChI=1S/C10H7N3S2/c1-2-7-14-10-13-12-9(15-10)8-5-3-4-6-11-8/h1,3-6H,7H2. The summed E-state index contributed by atoms with van der Waals surface area (Å²) in [5.41, 5.74) is 0.850. The van der Waals surface area contributed by atoms with Crippen molar-refractivity contribution in [2.45, 2.75) is 4.34 Å². The highest BCUT2D eigenvalue weighted by molar-refractivity contribution is 8.01. The van der Waals surface area contributed by atoms with Crippen LogP contribution in [0.25, 0.3) is 10.7 Å². The Morgan fingerprint density at radius 2 is 2.33 bits per heavy atom. The van der Waals surface area contributed by atoms with E-state index in [1.807, 2.05) is 18.2 Å². The normalized spacial score (nSPS) is 9.80. The Balaban J connectivity index is 2.18. The average molecular weight is 233 g/mol. The van der Waals surface area contributed by atoms with Crippen LogP contribution in [0.4, 0.5) is 0 Å². The molecule has 0 aliphatic rings. The molecule has 2 heterocycles. The van der Waals surface area contributed by atoms with Gasteiger partial charge in [-0.3, -0.25) is 4.98 Å². The highest BCUT2D eigenvalue weighted by atomic mass is 32.2. The van der Waals surface area contributed by atoms with Crippen molar-refractivity contribution in [3.63, 3.8) is 0 Å². The number of nitrogens with zero attached hydrogens (tertiary/aromatic N) is 3. The van der Waals surface area contributed by atoms with Crippen LogP contribution >= 0.6 is 23.1 Å². The third-order valence-electron chi connectivity index (χ3n) is 1.57. The van der Waals surface area contributed by atoms with Crippen LogP contribution in [0.15, 0.2) is 28.7 Å². The van der Waals surface area contributed by atoms with E-state index in [9.17, 15) is 0 Å². The van der Waals surface area contributed by atoms with Gasteiger partial charge in [-0.05, 0) is 12.1 Å². The summed E-state index contributed by atoms with van der Waals surface area (Å²) < 4.78 is 0.883. The first-order chi connectivity index (χ1) is 7.40. The maximum absolute atomic E-state index is 5.17. The molecule has 0 atom stereocenters. The first-order valence-electron chi connectivity index (χ1n) is 4.21. The van der Waals surface area contributed by atoms with Crippen molar-refractivity contribution in [1.82, 2.24) is 15.2 Å². The van der Waals surface area contributed by atoms with Gasteiger partial charge in [0.05, 0.1) is 5.75 Å². The van der Waals surface area contributed by atoms with E-state index in [1.165, 1.54) is 23.1 Å². The molecule has 0 saturated carbocycles. The van der Waals surface area contributed by atoms with Crippen LogP contribution in [0.2, 0.25) is 0 Å². The van der Waals surface area contributed by atoms with E-state index in [1.54, 1.807) is 6.20 Å². The number of hydrogen-bond donors (Lipinski definition) is 0. The molecule has 3 nitrogen and oxygen atoms in total. The Hall–Kier alpha value is -1.38. The van der Waals surface area contributed by atoms with Gasteiger partial charge in [-0.15, -0.1) is 16.6 Å². The maximum atomic E-state index is 5.17. The number of terminal acetylenes is 1. The lowest BCUT2D eigenvalue weighted by molar-refractivity contribution is 1.01. The van der Waals surface area contributed by atoms with Crippen LogP contribution in [-0.2, 0) is 0 Å². The molecule has 2 rings (SSSR count). The molecule has 74 valence electrons. The van der Waals surface area contributed by atoms with Crippen molar-refractivity contribution in [2.24, 2.45) is 0 Å². The van der Waals surface area contributed by atoms with Crippen LogP contribution < -0.4 is 0 Å². The van der Waals surface area contributed by atoms with Gasteiger partial charge in [-0.1, -0.05) is 35.1 Å². The van der Waals surface area contributed by atoms with Crippen LogP contribution in [0.5, 0.6) is 0 Å². The van der Waals surface area contributed by atoms with E-state index in [4.69, 9.17) is 6.42 Å². The molecule has 0 saturated heterocycles. The quantitative estimate of drug-likeness (QED) is 0.602. The summed E-state index contributed by atoms with van der Waals surface area (Å²) in [5.74, 6) is 3.17. The predicted molar refractivity (Wildman–Crippen MR) is 62.7 cm³/mol. The Morgan fingerprint density at radius 3 is 3.07 bits per heavy atom. The summed E-state index contributed by atoms with van der Waals surface area (Å²) in [4.78, 5) is 4.20. The largest absolute Gasteiger partial charge is 0.254 e. The molecule has 2 aromatic heterocycles. The fourth-order valence-electron chi connectivity index (χ4n) is 0.964. The number of rotatable bonds is 3. The van der Waals surface area contributed by atoms with Gasteiger partial charge in [0.25, 0.3) is 0 Å².